The molecule has 0 saturated carbocycles. The van der Waals surface area contributed by atoms with E-state index in [0.29, 0.717) is 5.02 Å². The molecule has 1 aromatic carbocycles. The largest absolute Gasteiger partial charge is 0.481 e. The molecular formula is C10H10ClNO4. The fraction of sp³-hybridized carbons (Fsp3) is 0.200. The molecule has 0 spiro atoms. The Morgan fingerprint density at radius 1 is 1.44 bits per heavy atom. The number of hydrogen-bond acceptors (Lipinski definition) is 4. The second-order valence-electron chi connectivity index (χ2n) is 2.87. The minimum absolute atomic E-state index is 0.158. The first-order valence-corrected chi connectivity index (χ1v) is 4.71. The Bertz CT molecular complexity index is 419. The molecule has 0 saturated heterocycles. The Morgan fingerprint density at radius 3 is 2.69 bits per heavy atom. The smallest absolute Gasteiger partial charge is 0.343 e. The first kappa shape index (κ1) is 12.3. The number of ether oxygens (including phenoxy) is 2. The molecule has 0 aromatic heterocycles. The zero-order valence-electron chi connectivity index (χ0n) is 8.53. The Hall–Kier alpha value is -1.75. The molecule has 2 N–H and O–H groups in total. The molecule has 1 rings (SSSR count). The molecule has 1 amide bonds. The average Bonchev–Trinajstić information content (AvgIpc) is 2.25. The molecule has 0 atom stereocenters. The van der Waals surface area contributed by atoms with Crippen molar-refractivity contribution >= 4 is 23.5 Å². The summed E-state index contributed by atoms with van der Waals surface area (Å²) in [5.41, 5.74) is 5.29. The second kappa shape index (κ2) is 5.37. The second-order valence-corrected chi connectivity index (χ2v) is 3.31. The standard InChI is InChI=1S/C10H10ClNO4/c1-15-9(13)5-16-8-4-6(11)2-3-7(8)10(12)14/h2-4H,5H2,1H3,(H2,12,14). The number of benzene rings is 1. The highest BCUT2D eigenvalue weighted by Crippen LogP contribution is 2.23. The van der Waals surface area contributed by atoms with E-state index in [1.165, 1.54) is 25.3 Å². The lowest BCUT2D eigenvalue weighted by Gasteiger charge is -2.08. The van der Waals surface area contributed by atoms with Crippen molar-refractivity contribution < 1.29 is 19.1 Å². The molecule has 5 nitrogen and oxygen atoms in total. The maximum absolute atomic E-state index is 11.0. The summed E-state index contributed by atoms with van der Waals surface area (Å²) >= 11 is 5.72. The molecule has 0 fully saturated rings. The van der Waals surface area contributed by atoms with Gasteiger partial charge in [0.15, 0.2) is 6.61 Å². The van der Waals surface area contributed by atoms with Crippen molar-refractivity contribution in [3.05, 3.63) is 28.8 Å². The van der Waals surface area contributed by atoms with Gasteiger partial charge < -0.3 is 15.2 Å². The highest BCUT2D eigenvalue weighted by molar-refractivity contribution is 6.30. The molecule has 1 aromatic rings. The van der Waals surface area contributed by atoms with Crippen molar-refractivity contribution in [3.8, 4) is 5.75 Å². The molecular weight excluding hydrogens is 234 g/mol. The van der Waals surface area contributed by atoms with Crippen molar-refractivity contribution in [1.29, 1.82) is 0 Å². The van der Waals surface area contributed by atoms with Crippen LogP contribution in [0.5, 0.6) is 5.75 Å². The fourth-order valence-corrected chi connectivity index (χ4v) is 1.18. The topological polar surface area (TPSA) is 78.6 Å². The van der Waals surface area contributed by atoms with Crippen LogP contribution in [0.25, 0.3) is 0 Å². The van der Waals surface area contributed by atoms with Gasteiger partial charge in [-0.1, -0.05) is 11.6 Å². The zero-order valence-corrected chi connectivity index (χ0v) is 9.28. The minimum Gasteiger partial charge on any atom is -0.481 e. The van der Waals surface area contributed by atoms with E-state index in [1.807, 2.05) is 0 Å². The van der Waals surface area contributed by atoms with Crippen LogP contribution >= 0.6 is 11.6 Å². The lowest BCUT2D eigenvalue weighted by atomic mass is 10.2. The van der Waals surface area contributed by atoms with Gasteiger partial charge in [0.25, 0.3) is 5.91 Å². The average molecular weight is 244 g/mol. The maximum Gasteiger partial charge on any atom is 0.343 e. The molecule has 0 aliphatic rings. The third-order valence-corrected chi connectivity index (χ3v) is 2.02. The first-order chi connectivity index (χ1) is 7.54. The van der Waals surface area contributed by atoms with Gasteiger partial charge in [-0.3, -0.25) is 4.79 Å². The summed E-state index contributed by atoms with van der Waals surface area (Å²) in [4.78, 5) is 21.9. The number of nitrogens with two attached hydrogens (primary N) is 1. The van der Waals surface area contributed by atoms with E-state index < -0.39 is 11.9 Å². The van der Waals surface area contributed by atoms with Crippen molar-refractivity contribution in [3.63, 3.8) is 0 Å². The number of carbonyl (C=O) groups is 2. The Labute approximate surface area is 97.1 Å². The number of amides is 1. The monoisotopic (exact) mass is 243 g/mol. The van der Waals surface area contributed by atoms with Crippen LogP contribution in [-0.4, -0.2) is 25.6 Å². The highest BCUT2D eigenvalue weighted by Gasteiger charge is 2.11. The SMILES string of the molecule is COC(=O)COc1cc(Cl)ccc1C(N)=O. The summed E-state index contributed by atoms with van der Waals surface area (Å²) in [6.45, 7) is -0.308. The predicted molar refractivity (Wildman–Crippen MR) is 57.5 cm³/mol. The van der Waals surface area contributed by atoms with E-state index in [9.17, 15) is 9.59 Å². The van der Waals surface area contributed by atoms with Gasteiger partial charge in [-0.25, -0.2) is 4.79 Å². The lowest BCUT2D eigenvalue weighted by molar-refractivity contribution is -0.142. The van der Waals surface area contributed by atoms with Crippen LogP contribution in [0.2, 0.25) is 5.02 Å². The van der Waals surface area contributed by atoms with Gasteiger partial charge >= 0.3 is 5.97 Å². The number of methoxy groups -OCH3 is 1. The summed E-state index contributed by atoms with van der Waals surface area (Å²) in [5, 5.41) is 0.380. The van der Waals surface area contributed by atoms with Crippen molar-refractivity contribution in [2.75, 3.05) is 13.7 Å². The maximum atomic E-state index is 11.0. The van der Waals surface area contributed by atoms with E-state index in [4.69, 9.17) is 22.1 Å². The van der Waals surface area contributed by atoms with Crippen LogP contribution in [0.1, 0.15) is 10.4 Å². The van der Waals surface area contributed by atoms with E-state index in [1.54, 1.807) is 0 Å². The molecule has 0 aliphatic heterocycles. The molecule has 0 bridgehead atoms. The van der Waals surface area contributed by atoms with Gasteiger partial charge in [-0.15, -0.1) is 0 Å². The zero-order chi connectivity index (χ0) is 12.1. The van der Waals surface area contributed by atoms with Gasteiger partial charge in [-0.05, 0) is 18.2 Å². The Balaban J connectivity index is 2.88. The van der Waals surface area contributed by atoms with Gasteiger partial charge in [0.2, 0.25) is 0 Å². The predicted octanol–water partition coefficient (Wildman–Crippen LogP) is 0.991. The van der Waals surface area contributed by atoms with Crippen molar-refractivity contribution in [2.45, 2.75) is 0 Å². The molecule has 0 unspecified atom stereocenters. The third kappa shape index (κ3) is 3.13. The van der Waals surface area contributed by atoms with E-state index in [-0.39, 0.29) is 17.9 Å². The number of esters is 1. The van der Waals surface area contributed by atoms with E-state index in [2.05, 4.69) is 4.74 Å². The molecule has 16 heavy (non-hydrogen) atoms. The number of rotatable bonds is 4. The van der Waals surface area contributed by atoms with E-state index >= 15 is 0 Å². The van der Waals surface area contributed by atoms with Crippen LogP contribution in [0.15, 0.2) is 18.2 Å². The molecule has 0 heterocycles. The Morgan fingerprint density at radius 2 is 2.12 bits per heavy atom. The van der Waals surface area contributed by atoms with Crippen LogP contribution in [0.3, 0.4) is 0 Å². The van der Waals surface area contributed by atoms with Crippen molar-refractivity contribution in [2.24, 2.45) is 5.73 Å². The van der Waals surface area contributed by atoms with Crippen LogP contribution in [-0.2, 0) is 9.53 Å². The van der Waals surface area contributed by atoms with Crippen molar-refractivity contribution in [1.82, 2.24) is 0 Å². The molecule has 0 aliphatic carbocycles. The fourth-order valence-electron chi connectivity index (χ4n) is 1.01. The Kier molecular flexibility index (Phi) is 4.13. The first-order valence-electron chi connectivity index (χ1n) is 4.33. The minimum atomic E-state index is -0.656. The van der Waals surface area contributed by atoms with Gasteiger partial charge in [-0.2, -0.15) is 0 Å². The number of primary amides is 1. The summed E-state index contributed by atoms with van der Waals surface area (Å²) in [6, 6.07) is 4.34. The molecule has 6 heteroatoms. The highest BCUT2D eigenvalue weighted by atomic mass is 35.5. The van der Waals surface area contributed by atoms with Crippen LogP contribution in [0.4, 0.5) is 0 Å². The van der Waals surface area contributed by atoms with Gasteiger partial charge in [0.1, 0.15) is 5.75 Å². The van der Waals surface area contributed by atoms with Gasteiger partial charge in [0, 0.05) is 5.02 Å². The summed E-state index contributed by atoms with van der Waals surface area (Å²) in [5.74, 6) is -1.06. The number of halogens is 1. The molecule has 86 valence electrons. The summed E-state index contributed by atoms with van der Waals surface area (Å²) < 4.78 is 9.46. The molecule has 0 radical (unpaired) electrons. The normalized spacial score (nSPS) is 9.62. The summed E-state index contributed by atoms with van der Waals surface area (Å²) in [6.07, 6.45) is 0. The van der Waals surface area contributed by atoms with Crippen LogP contribution < -0.4 is 10.5 Å². The third-order valence-electron chi connectivity index (χ3n) is 1.78. The van der Waals surface area contributed by atoms with E-state index in [0.717, 1.165) is 0 Å². The summed E-state index contributed by atoms with van der Waals surface area (Å²) in [7, 11) is 1.23. The quantitative estimate of drug-likeness (QED) is 0.800. The number of hydrogen-bond donors (Lipinski definition) is 1. The lowest BCUT2D eigenvalue weighted by Crippen LogP contribution is -2.17. The van der Waals surface area contributed by atoms with Gasteiger partial charge in [0.05, 0.1) is 12.7 Å². The van der Waals surface area contributed by atoms with Crippen LogP contribution in [0, 0.1) is 0 Å². The number of carbonyl (C=O) groups excluding carboxylic acids is 2.